The van der Waals surface area contributed by atoms with E-state index < -0.39 is 0 Å². The number of thioether (sulfide) groups is 1. The topological polar surface area (TPSA) is 78.3 Å². The Hall–Kier alpha value is -2.22. The van der Waals surface area contributed by atoms with Gasteiger partial charge in [-0.15, -0.1) is 10.2 Å². The van der Waals surface area contributed by atoms with Gasteiger partial charge in [-0.25, -0.2) is 0 Å². The number of carbonyl (C=O) groups excluding carboxylic acids is 1. The van der Waals surface area contributed by atoms with Crippen LogP contribution in [-0.4, -0.2) is 40.1 Å². The molecule has 0 radical (unpaired) electrons. The molecule has 1 amide bonds. The molecule has 1 aromatic carbocycles. The number of ether oxygens (including phenoxy) is 2. The van der Waals surface area contributed by atoms with Crippen molar-refractivity contribution in [2.45, 2.75) is 61.5 Å². The van der Waals surface area contributed by atoms with Crippen molar-refractivity contribution in [2.24, 2.45) is 0 Å². The Morgan fingerprint density at radius 3 is 2.61 bits per heavy atom. The number of hydrogen-bond acceptors (Lipinski definition) is 6. The molecule has 0 saturated heterocycles. The molecule has 28 heavy (non-hydrogen) atoms. The van der Waals surface area contributed by atoms with E-state index in [0.717, 1.165) is 16.5 Å². The second-order valence-electron chi connectivity index (χ2n) is 7.38. The van der Waals surface area contributed by atoms with Gasteiger partial charge in [-0.2, -0.15) is 0 Å². The molecule has 1 N–H and O–H groups in total. The second-order valence-corrected chi connectivity index (χ2v) is 8.69. The quantitative estimate of drug-likeness (QED) is 0.649. The zero-order valence-electron chi connectivity index (χ0n) is 16.5. The standard InChI is InChI=1S/C20H26N4O3S/c1-12(19(25)21-11-13-4-9-16(26-2)17(10-13)27-3)28-20-23-22-18(14-5-6-14)24(20)15-7-8-15/h4,9-10,12,14-15H,5-8,11H2,1-3H3,(H,21,25). The fourth-order valence-electron chi connectivity index (χ4n) is 3.20. The monoisotopic (exact) mass is 402 g/mol. The van der Waals surface area contributed by atoms with E-state index in [1.807, 2.05) is 25.1 Å². The van der Waals surface area contributed by atoms with Crippen molar-refractivity contribution < 1.29 is 14.3 Å². The molecular formula is C20H26N4O3S. The van der Waals surface area contributed by atoms with Crippen molar-refractivity contribution in [3.63, 3.8) is 0 Å². The number of rotatable bonds is 9. The van der Waals surface area contributed by atoms with Gasteiger partial charge in [-0.05, 0) is 50.3 Å². The molecular weight excluding hydrogens is 376 g/mol. The minimum absolute atomic E-state index is 0.0156. The van der Waals surface area contributed by atoms with Gasteiger partial charge in [0.1, 0.15) is 5.82 Å². The molecule has 0 spiro atoms. The van der Waals surface area contributed by atoms with Gasteiger partial charge in [-0.3, -0.25) is 4.79 Å². The van der Waals surface area contributed by atoms with Crippen LogP contribution in [0, 0.1) is 0 Å². The van der Waals surface area contributed by atoms with E-state index in [-0.39, 0.29) is 11.2 Å². The minimum atomic E-state index is -0.242. The Morgan fingerprint density at radius 2 is 1.96 bits per heavy atom. The van der Waals surface area contributed by atoms with Crippen LogP contribution in [0.25, 0.3) is 0 Å². The van der Waals surface area contributed by atoms with Gasteiger partial charge in [0.15, 0.2) is 16.7 Å². The van der Waals surface area contributed by atoms with Crippen LogP contribution in [0.15, 0.2) is 23.4 Å². The fourth-order valence-corrected chi connectivity index (χ4v) is 4.15. The van der Waals surface area contributed by atoms with Crippen molar-refractivity contribution in [1.29, 1.82) is 0 Å². The Kier molecular flexibility index (Phi) is 5.48. The molecule has 2 saturated carbocycles. The lowest BCUT2D eigenvalue weighted by molar-refractivity contribution is -0.120. The van der Waals surface area contributed by atoms with Gasteiger partial charge in [0, 0.05) is 18.5 Å². The number of nitrogens with one attached hydrogen (secondary N) is 1. The highest BCUT2D eigenvalue weighted by Crippen LogP contribution is 2.46. The summed E-state index contributed by atoms with van der Waals surface area (Å²) in [6.07, 6.45) is 4.78. The first-order valence-electron chi connectivity index (χ1n) is 9.70. The molecule has 1 atom stereocenters. The van der Waals surface area contributed by atoms with Crippen molar-refractivity contribution in [1.82, 2.24) is 20.1 Å². The van der Waals surface area contributed by atoms with Gasteiger partial charge >= 0.3 is 0 Å². The van der Waals surface area contributed by atoms with E-state index in [4.69, 9.17) is 9.47 Å². The summed E-state index contributed by atoms with van der Waals surface area (Å²) in [6, 6.07) is 6.17. The van der Waals surface area contributed by atoms with Gasteiger partial charge in [0.05, 0.1) is 19.5 Å². The summed E-state index contributed by atoms with van der Waals surface area (Å²) in [6.45, 7) is 2.35. The van der Waals surface area contributed by atoms with E-state index in [0.29, 0.717) is 30.0 Å². The Balaban J connectivity index is 1.37. The number of amides is 1. The smallest absolute Gasteiger partial charge is 0.233 e. The van der Waals surface area contributed by atoms with Crippen molar-refractivity contribution >= 4 is 17.7 Å². The highest BCUT2D eigenvalue weighted by molar-refractivity contribution is 8.00. The van der Waals surface area contributed by atoms with Gasteiger partial charge in [-0.1, -0.05) is 17.8 Å². The van der Waals surface area contributed by atoms with E-state index in [1.165, 1.54) is 37.4 Å². The Labute approximate surface area is 169 Å². The summed E-state index contributed by atoms with van der Waals surface area (Å²) in [5.41, 5.74) is 0.959. The number of nitrogens with zero attached hydrogens (tertiary/aromatic N) is 3. The van der Waals surface area contributed by atoms with Crippen LogP contribution in [0.2, 0.25) is 0 Å². The Bertz CT molecular complexity index is 861. The predicted molar refractivity (Wildman–Crippen MR) is 107 cm³/mol. The second kappa shape index (κ2) is 8.03. The normalized spacial score (nSPS) is 17.2. The third-order valence-corrected chi connectivity index (χ3v) is 6.17. The summed E-state index contributed by atoms with van der Waals surface area (Å²) >= 11 is 1.49. The van der Waals surface area contributed by atoms with Crippen LogP contribution in [-0.2, 0) is 11.3 Å². The molecule has 4 rings (SSSR count). The van der Waals surface area contributed by atoms with Crippen LogP contribution in [0.1, 0.15) is 56.0 Å². The zero-order chi connectivity index (χ0) is 19.7. The SMILES string of the molecule is COc1ccc(CNC(=O)C(C)Sc2nnc(C3CC3)n2C2CC2)cc1OC. The van der Waals surface area contributed by atoms with Crippen LogP contribution in [0.4, 0.5) is 0 Å². The summed E-state index contributed by atoms with van der Waals surface area (Å²) < 4.78 is 12.8. The predicted octanol–water partition coefficient (Wildman–Crippen LogP) is 3.30. The van der Waals surface area contributed by atoms with Crippen molar-refractivity contribution in [3.05, 3.63) is 29.6 Å². The van der Waals surface area contributed by atoms with E-state index >= 15 is 0 Å². The summed E-state index contributed by atoms with van der Waals surface area (Å²) in [5, 5.41) is 12.4. The average molecular weight is 403 g/mol. The molecule has 2 aromatic rings. The van der Waals surface area contributed by atoms with Crippen LogP contribution >= 0.6 is 11.8 Å². The van der Waals surface area contributed by atoms with E-state index in [1.54, 1.807) is 14.2 Å². The van der Waals surface area contributed by atoms with E-state index in [9.17, 15) is 4.79 Å². The van der Waals surface area contributed by atoms with Crippen LogP contribution in [0.5, 0.6) is 11.5 Å². The van der Waals surface area contributed by atoms with Gasteiger partial charge in [0.2, 0.25) is 5.91 Å². The minimum Gasteiger partial charge on any atom is -0.493 e. The first-order valence-corrected chi connectivity index (χ1v) is 10.6. The molecule has 8 heteroatoms. The van der Waals surface area contributed by atoms with Crippen molar-refractivity contribution in [3.8, 4) is 11.5 Å². The molecule has 2 aliphatic rings. The first-order chi connectivity index (χ1) is 13.6. The average Bonchev–Trinajstić information content (AvgIpc) is 3.64. The summed E-state index contributed by atoms with van der Waals surface area (Å²) in [7, 11) is 3.21. The largest absolute Gasteiger partial charge is 0.493 e. The molecule has 150 valence electrons. The third-order valence-electron chi connectivity index (χ3n) is 5.11. The number of aromatic nitrogens is 3. The maximum absolute atomic E-state index is 12.6. The lowest BCUT2D eigenvalue weighted by Gasteiger charge is -2.14. The highest BCUT2D eigenvalue weighted by Gasteiger charge is 2.37. The molecule has 2 fully saturated rings. The maximum atomic E-state index is 12.6. The Morgan fingerprint density at radius 1 is 1.21 bits per heavy atom. The summed E-state index contributed by atoms with van der Waals surface area (Å²) in [4.78, 5) is 12.6. The van der Waals surface area contributed by atoms with Crippen molar-refractivity contribution in [2.75, 3.05) is 14.2 Å². The number of methoxy groups -OCH3 is 2. The molecule has 1 aromatic heterocycles. The first kappa shape index (κ1) is 19.1. The molecule has 1 heterocycles. The number of carbonyl (C=O) groups is 1. The van der Waals surface area contributed by atoms with E-state index in [2.05, 4.69) is 20.1 Å². The van der Waals surface area contributed by atoms with Gasteiger partial charge in [0.25, 0.3) is 0 Å². The highest BCUT2D eigenvalue weighted by atomic mass is 32.2. The van der Waals surface area contributed by atoms with Gasteiger partial charge < -0.3 is 19.4 Å². The number of benzene rings is 1. The third kappa shape index (κ3) is 4.11. The van der Waals surface area contributed by atoms with Crippen LogP contribution in [0.3, 0.4) is 0 Å². The maximum Gasteiger partial charge on any atom is 0.233 e. The summed E-state index contributed by atoms with van der Waals surface area (Å²) in [5.74, 6) is 2.99. The molecule has 7 nitrogen and oxygen atoms in total. The fraction of sp³-hybridized carbons (Fsp3) is 0.550. The van der Waals surface area contributed by atoms with Crippen LogP contribution < -0.4 is 14.8 Å². The lowest BCUT2D eigenvalue weighted by Crippen LogP contribution is -2.30. The zero-order valence-corrected chi connectivity index (χ0v) is 17.3. The molecule has 2 aliphatic carbocycles. The lowest BCUT2D eigenvalue weighted by atomic mass is 10.2. The number of hydrogen-bond donors (Lipinski definition) is 1. The molecule has 0 bridgehead atoms. The molecule has 1 unspecified atom stereocenters. The molecule has 0 aliphatic heterocycles.